The van der Waals surface area contributed by atoms with Crippen molar-refractivity contribution in [1.29, 1.82) is 0 Å². The van der Waals surface area contributed by atoms with Crippen LogP contribution in [0, 0.1) is 23.7 Å². The van der Waals surface area contributed by atoms with E-state index in [1.807, 2.05) is 13.8 Å². The molecule has 8 fully saturated rings. The first-order chi connectivity index (χ1) is 54.4. The SMILES string of the molecule is CC1O[C@@H](O[C@@H]2C(C)CCC[C@H]2O[C@@H]2O[C@@H](CO)[C@H](O)C(O[C@@H](CC3CCCCC3)C(=O)O)C2NC(=O)Cn2cc(COCCOCCOCCOCCOCc3cn(CC(=O)NC4C(O[C@@H](CC5CCCCC5)C(=O)O)[C@@H](O)[C@H](CO)O[C@H]4O[C@@H]4CCCC(C)[C@H]4O[C@@H]4OC(C)[C@@H](O)[C@H](O)C4O)nn3)nn2)C(O)[C@@H](O)[C@@H]1O. The number of carboxylic acids is 2. The molecule has 0 radical (unpaired) electrons. The van der Waals surface area contributed by atoms with Crippen molar-refractivity contribution < 1.29 is 152 Å². The smallest absolute Gasteiger partial charge is 0.332 e. The summed E-state index contributed by atoms with van der Waals surface area (Å²) in [6.07, 6.45) is -15.6. The second kappa shape index (κ2) is 44.8. The second-order valence-electron chi connectivity index (χ2n) is 31.4. The minimum absolute atomic E-state index is 0.0155. The van der Waals surface area contributed by atoms with Gasteiger partial charge in [-0.15, -0.1) is 10.2 Å². The number of ether oxygens (including phenoxy) is 15. The lowest BCUT2D eigenvalue weighted by atomic mass is 9.85. The van der Waals surface area contributed by atoms with E-state index in [0.717, 1.165) is 64.2 Å². The topological polar surface area (TPSA) is 535 Å². The summed E-state index contributed by atoms with van der Waals surface area (Å²) in [7, 11) is 0. The van der Waals surface area contributed by atoms with Gasteiger partial charge in [-0.2, -0.15) is 0 Å². The van der Waals surface area contributed by atoms with E-state index >= 15 is 0 Å². The minimum Gasteiger partial charge on any atom is -0.479 e. The molecule has 28 atom stereocenters. The van der Waals surface area contributed by atoms with Crippen LogP contribution in [0.4, 0.5) is 0 Å². The van der Waals surface area contributed by atoms with Gasteiger partial charge in [0, 0.05) is 0 Å². The lowest BCUT2D eigenvalue weighted by Crippen LogP contribution is -2.67. The molecule has 8 aliphatic rings. The third-order valence-corrected chi connectivity index (χ3v) is 22.8. The maximum absolute atomic E-state index is 14.1. The first-order valence-electron chi connectivity index (χ1n) is 40.3. The normalized spacial score (nSPS) is 36.2. The molecule has 0 bridgehead atoms. The number of carboxylic acid groups (broad SMARTS) is 2. The Bertz CT molecular complexity index is 2960. The Labute approximate surface area is 656 Å². The molecule has 39 nitrogen and oxygen atoms in total. The number of aliphatic hydroxyl groups excluding tert-OH is 10. The molecule has 4 saturated carbocycles. The van der Waals surface area contributed by atoms with Crippen molar-refractivity contribution >= 4 is 23.8 Å². The van der Waals surface area contributed by atoms with Crippen molar-refractivity contribution in [2.24, 2.45) is 23.7 Å². The summed E-state index contributed by atoms with van der Waals surface area (Å²) >= 11 is 0. The summed E-state index contributed by atoms with van der Waals surface area (Å²) < 4.78 is 93.5. The average Bonchev–Trinajstić information content (AvgIpc) is 1.24. The number of rotatable bonds is 42. The summed E-state index contributed by atoms with van der Waals surface area (Å²) in [5.41, 5.74) is 0.769. The molecule has 4 aliphatic heterocycles. The molecule has 10 unspecified atom stereocenters. The quantitative estimate of drug-likeness (QED) is 0.0327. The van der Waals surface area contributed by atoms with E-state index in [-0.39, 0.29) is 103 Å². The molecule has 4 saturated heterocycles. The first-order valence-corrected chi connectivity index (χ1v) is 40.3. The Morgan fingerprint density at radius 2 is 0.796 bits per heavy atom. The molecule has 0 spiro atoms. The Hall–Kier alpha value is -4.84. The van der Waals surface area contributed by atoms with Crippen LogP contribution in [0.1, 0.15) is 155 Å². The van der Waals surface area contributed by atoms with Gasteiger partial charge in [-0.05, 0) is 76.0 Å². The Morgan fingerprint density at radius 1 is 0.434 bits per heavy atom. The minimum atomic E-state index is -1.64. The van der Waals surface area contributed by atoms with Crippen LogP contribution in [-0.4, -0.2) is 340 Å². The Balaban J connectivity index is 0.636. The van der Waals surface area contributed by atoms with Gasteiger partial charge in [0.25, 0.3) is 0 Å². The fourth-order valence-electron chi connectivity index (χ4n) is 16.4. The highest BCUT2D eigenvalue weighted by atomic mass is 16.7. The largest absolute Gasteiger partial charge is 0.479 e. The number of aliphatic carboxylic acids is 2. The fourth-order valence-corrected chi connectivity index (χ4v) is 16.4. The van der Waals surface area contributed by atoms with Crippen molar-refractivity contribution in [3.05, 3.63) is 23.8 Å². The number of carbonyl (C=O) groups is 4. The van der Waals surface area contributed by atoms with Gasteiger partial charge >= 0.3 is 11.9 Å². The van der Waals surface area contributed by atoms with Crippen LogP contribution in [0.5, 0.6) is 0 Å². The summed E-state index contributed by atoms with van der Waals surface area (Å²) in [4.78, 5) is 53.9. The zero-order valence-corrected chi connectivity index (χ0v) is 64.9. The third kappa shape index (κ3) is 25.6. The third-order valence-electron chi connectivity index (χ3n) is 22.8. The molecule has 6 heterocycles. The lowest BCUT2D eigenvalue weighted by Gasteiger charge is -2.48. The second-order valence-corrected chi connectivity index (χ2v) is 31.4. The van der Waals surface area contributed by atoms with E-state index in [9.17, 15) is 80.5 Å². The number of hydrogen-bond acceptors (Lipinski definition) is 33. The number of aliphatic hydroxyl groups is 10. The Morgan fingerprint density at radius 3 is 1.15 bits per heavy atom. The number of aromatic nitrogens is 6. The number of nitrogens with one attached hydrogen (secondary N) is 2. The molecule has 644 valence electrons. The van der Waals surface area contributed by atoms with Gasteiger partial charge < -0.3 is 143 Å². The maximum atomic E-state index is 14.1. The number of carbonyl (C=O) groups excluding carboxylic acids is 2. The van der Waals surface area contributed by atoms with E-state index in [2.05, 4.69) is 31.3 Å². The average molecular weight is 1620 g/mol. The summed E-state index contributed by atoms with van der Waals surface area (Å²) in [5, 5.41) is 151. The van der Waals surface area contributed by atoms with E-state index in [1.165, 1.54) is 35.6 Å². The molecule has 113 heavy (non-hydrogen) atoms. The number of hydrogen-bond donors (Lipinski definition) is 14. The fraction of sp³-hybridized carbons (Fsp3) is 0.892. The standard InChI is InChI=1S/C74H122N8O31/c1-39-13-11-19-47(65(39)112-73-63(93)61(91)57(87)41(3)104-73)108-71-55(67(59(89)51(35-83)110-71)106-49(69(95)96)29-43-15-7-5-8-16-43)75-53(85)33-81-31-45(77-79-81)37-102-27-25-100-23-21-99-22-24-101-26-28-103-38-46-32-82(80-78-46)34-54(86)76-56-68(107-50(70(97)98)30-44-17-9-6-10-18-44)60(90)52(36-84)111-72(56)109-48-20-12-14-40(2)66(48)113-74-64(94)62(92)58(88)42(4)105-74/h31-32,39-44,47-52,55-68,71-74,83-84,87-94H,5-30,33-38H2,1-4H3,(H,75,85)(H,76,86)(H,95,96)(H,97,98)/t39?,40?,41?,42?,47-,48-,49+,50+,51+,52+,55?,56?,57-,58-,59+,60+,61+,62+,63?,64?,65-,66-,67?,68?,71-,72-,73+,74+/m1/s1. The summed E-state index contributed by atoms with van der Waals surface area (Å²) in [5.74, 6) is -4.19. The van der Waals surface area contributed by atoms with Gasteiger partial charge in [0.1, 0.15) is 110 Å². The van der Waals surface area contributed by atoms with Gasteiger partial charge in [0.05, 0.1) is 128 Å². The molecular weight excluding hydrogens is 1500 g/mol. The first kappa shape index (κ1) is 90.5. The van der Waals surface area contributed by atoms with E-state index in [4.69, 9.17) is 71.1 Å². The zero-order chi connectivity index (χ0) is 80.8. The Kier molecular flexibility index (Phi) is 35.9. The van der Waals surface area contributed by atoms with Gasteiger partial charge in [-0.3, -0.25) is 9.59 Å². The van der Waals surface area contributed by atoms with E-state index < -0.39 is 209 Å². The maximum Gasteiger partial charge on any atom is 0.332 e. The predicted octanol–water partition coefficient (Wildman–Crippen LogP) is -1.77. The monoisotopic (exact) mass is 1620 g/mol. The van der Waals surface area contributed by atoms with Crippen LogP contribution >= 0.6 is 0 Å². The summed E-state index contributed by atoms with van der Waals surface area (Å²) in [6.45, 7) is 6.48. The van der Waals surface area contributed by atoms with Gasteiger partial charge in [-0.25, -0.2) is 19.0 Å². The molecule has 4 aliphatic carbocycles. The molecule has 10 rings (SSSR count). The van der Waals surface area contributed by atoms with Crippen LogP contribution in [0.3, 0.4) is 0 Å². The number of amides is 2. The summed E-state index contributed by atoms with van der Waals surface area (Å²) in [6, 6.07) is -2.73. The van der Waals surface area contributed by atoms with E-state index in [1.54, 1.807) is 0 Å². The van der Waals surface area contributed by atoms with Crippen molar-refractivity contribution in [3.63, 3.8) is 0 Å². The van der Waals surface area contributed by atoms with Crippen molar-refractivity contribution in [2.45, 2.75) is 329 Å². The molecular formula is C74H122N8O31. The van der Waals surface area contributed by atoms with Crippen LogP contribution < -0.4 is 10.6 Å². The highest BCUT2D eigenvalue weighted by Gasteiger charge is 2.55. The lowest BCUT2D eigenvalue weighted by molar-refractivity contribution is -0.336. The van der Waals surface area contributed by atoms with Gasteiger partial charge in [0.2, 0.25) is 11.8 Å². The van der Waals surface area contributed by atoms with Crippen LogP contribution in [0.2, 0.25) is 0 Å². The molecule has 14 N–H and O–H groups in total. The predicted molar refractivity (Wildman–Crippen MR) is 384 cm³/mol. The molecule has 2 aromatic heterocycles. The molecule has 2 amide bonds. The van der Waals surface area contributed by atoms with Gasteiger partial charge in [0.15, 0.2) is 37.4 Å². The zero-order valence-electron chi connectivity index (χ0n) is 64.9. The highest BCUT2D eigenvalue weighted by molar-refractivity contribution is 5.77. The molecule has 0 aromatic carbocycles. The van der Waals surface area contributed by atoms with Crippen molar-refractivity contribution in [3.8, 4) is 0 Å². The van der Waals surface area contributed by atoms with E-state index in [0.29, 0.717) is 49.9 Å². The number of nitrogens with zero attached hydrogens (tertiary/aromatic N) is 6. The van der Waals surface area contributed by atoms with Crippen molar-refractivity contribution in [1.82, 2.24) is 40.6 Å². The van der Waals surface area contributed by atoms with Crippen LogP contribution in [-0.2, 0) is 117 Å². The van der Waals surface area contributed by atoms with Gasteiger partial charge in [-0.1, -0.05) is 101 Å². The van der Waals surface area contributed by atoms with Crippen molar-refractivity contribution in [2.75, 3.05) is 66.1 Å². The molecule has 39 heteroatoms. The highest BCUT2D eigenvalue weighted by Crippen LogP contribution is 2.40. The molecule has 2 aromatic rings. The van der Waals surface area contributed by atoms with Crippen LogP contribution in [0.15, 0.2) is 12.4 Å². The van der Waals surface area contributed by atoms with Crippen LogP contribution in [0.25, 0.3) is 0 Å².